The van der Waals surface area contributed by atoms with Gasteiger partial charge in [-0.05, 0) is 56.7 Å². The van der Waals surface area contributed by atoms with Crippen LogP contribution < -0.4 is 20.2 Å². The number of ether oxygens (including phenoxy) is 2. The van der Waals surface area contributed by atoms with Crippen LogP contribution in [-0.2, 0) is 21.2 Å². The second-order valence-electron chi connectivity index (χ2n) is 8.95. The number of anilines is 1. The maximum atomic E-state index is 13.6. The number of hydrogen-bond acceptors (Lipinski definition) is 7. The van der Waals surface area contributed by atoms with Crippen LogP contribution in [0.15, 0.2) is 69.3 Å². The molecule has 0 atom stereocenters. The Bertz CT molecular complexity index is 1730. The summed E-state index contributed by atoms with van der Waals surface area (Å²) in [7, 11) is -4.17. The van der Waals surface area contributed by atoms with Crippen molar-refractivity contribution >= 4 is 32.5 Å². The highest BCUT2D eigenvalue weighted by molar-refractivity contribution is 7.91. The molecule has 9 nitrogen and oxygen atoms in total. The predicted octanol–water partition coefficient (Wildman–Crippen LogP) is 3.56. The average molecular weight is 520 g/mol. The molecule has 190 valence electrons. The van der Waals surface area contributed by atoms with Gasteiger partial charge < -0.3 is 19.4 Å². The van der Waals surface area contributed by atoms with Crippen LogP contribution in [0.3, 0.4) is 0 Å². The molecule has 10 heteroatoms. The number of aryl methyl sites for hydroxylation is 3. The second-order valence-corrected chi connectivity index (χ2v) is 10.8. The highest BCUT2D eigenvalue weighted by atomic mass is 32.2. The van der Waals surface area contributed by atoms with Crippen molar-refractivity contribution in [3.05, 3.63) is 81.8 Å². The zero-order chi connectivity index (χ0) is 26.3. The molecule has 37 heavy (non-hydrogen) atoms. The third-order valence-corrected chi connectivity index (χ3v) is 7.98. The molecule has 1 amide bonds. The quantitative estimate of drug-likeness (QED) is 0.428. The standard InChI is InChI=1S/C27H25N3O6S/c1-16-4-9-23(17(2)12-16)37(33,34)24-14-30(27-20(26(24)32)7-5-18(3)28-27)15-25(31)29-19-6-8-21-22(13-19)36-11-10-35-21/h4-9,12-14H,10-11,15H2,1-3H3,(H,29,31). The molecule has 0 spiro atoms. The van der Waals surface area contributed by atoms with Crippen molar-refractivity contribution < 1.29 is 22.7 Å². The molecular weight excluding hydrogens is 494 g/mol. The van der Waals surface area contributed by atoms with Gasteiger partial charge in [-0.1, -0.05) is 17.7 Å². The minimum atomic E-state index is -4.17. The van der Waals surface area contributed by atoms with Gasteiger partial charge in [-0.3, -0.25) is 9.59 Å². The summed E-state index contributed by atoms with van der Waals surface area (Å²) < 4.78 is 39.7. The molecule has 0 fully saturated rings. The number of aromatic nitrogens is 2. The summed E-state index contributed by atoms with van der Waals surface area (Å²) in [5.74, 6) is 0.688. The largest absolute Gasteiger partial charge is 0.486 e. The summed E-state index contributed by atoms with van der Waals surface area (Å²) in [6, 6.07) is 13.2. The second kappa shape index (κ2) is 9.36. The van der Waals surface area contributed by atoms with Gasteiger partial charge >= 0.3 is 0 Å². The van der Waals surface area contributed by atoms with Crippen LogP contribution in [0.4, 0.5) is 5.69 Å². The van der Waals surface area contributed by atoms with Gasteiger partial charge in [0.05, 0.1) is 10.3 Å². The lowest BCUT2D eigenvalue weighted by molar-refractivity contribution is -0.116. The van der Waals surface area contributed by atoms with Crippen molar-refractivity contribution in [1.82, 2.24) is 9.55 Å². The van der Waals surface area contributed by atoms with E-state index in [0.29, 0.717) is 41.7 Å². The number of rotatable bonds is 5. The summed E-state index contributed by atoms with van der Waals surface area (Å²) in [5, 5.41) is 2.90. The lowest BCUT2D eigenvalue weighted by Crippen LogP contribution is -2.25. The lowest BCUT2D eigenvalue weighted by atomic mass is 10.2. The Morgan fingerprint density at radius 2 is 1.73 bits per heavy atom. The van der Waals surface area contributed by atoms with Gasteiger partial charge in [0.15, 0.2) is 11.5 Å². The molecule has 0 radical (unpaired) electrons. The fourth-order valence-electron chi connectivity index (χ4n) is 4.34. The van der Waals surface area contributed by atoms with Crippen LogP contribution in [-0.4, -0.2) is 37.1 Å². The number of carbonyl (C=O) groups excluding carboxylic acids is 1. The number of nitrogens with zero attached hydrogens (tertiary/aromatic N) is 2. The summed E-state index contributed by atoms with van der Waals surface area (Å²) in [6.07, 6.45) is 1.20. The zero-order valence-electron chi connectivity index (χ0n) is 20.6. The first-order valence-electron chi connectivity index (χ1n) is 11.7. The van der Waals surface area contributed by atoms with E-state index in [1.54, 1.807) is 50.2 Å². The Balaban J connectivity index is 1.56. The van der Waals surface area contributed by atoms with Gasteiger partial charge in [-0.15, -0.1) is 0 Å². The van der Waals surface area contributed by atoms with Crippen LogP contribution in [0.25, 0.3) is 11.0 Å². The van der Waals surface area contributed by atoms with Crippen LogP contribution in [0, 0.1) is 20.8 Å². The maximum Gasteiger partial charge on any atom is 0.244 e. The van der Waals surface area contributed by atoms with E-state index in [2.05, 4.69) is 10.3 Å². The Hall–Kier alpha value is -4.18. The molecule has 2 aromatic heterocycles. The van der Waals surface area contributed by atoms with Crippen molar-refractivity contribution in [3.8, 4) is 11.5 Å². The lowest BCUT2D eigenvalue weighted by Gasteiger charge is -2.19. The molecule has 0 bridgehead atoms. The molecule has 1 aliphatic heterocycles. The predicted molar refractivity (Wildman–Crippen MR) is 138 cm³/mol. The Morgan fingerprint density at radius 3 is 2.49 bits per heavy atom. The molecule has 4 aromatic rings. The third kappa shape index (κ3) is 4.67. The normalized spacial score (nSPS) is 12.9. The van der Waals surface area contributed by atoms with E-state index in [9.17, 15) is 18.0 Å². The average Bonchev–Trinajstić information content (AvgIpc) is 2.85. The number of carbonyl (C=O) groups is 1. The molecule has 0 saturated heterocycles. The maximum absolute atomic E-state index is 13.6. The smallest absolute Gasteiger partial charge is 0.244 e. The van der Waals surface area contributed by atoms with E-state index in [0.717, 1.165) is 5.56 Å². The molecular formula is C27H25N3O6S. The van der Waals surface area contributed by atoms with Gasteiger partial charge in [-0.2, -0.15) is 0 Å². The summed E-state index contributed by atoms with van der Waals surface area (Å²) in [5.41, 5.74) is 2.12. The number of pyridine rings is 2. The first-order valence-corrected chi connectivity index (χ1v) is 13.1. The monoisotopic (exact) mass is 519 g/mol. The number of amides is 1. The molecule has 5 rings (SSSR count). The van der Waals surface area contributed by atoms with Gasteiger partial charge in [0.2, 0.25) is 21.2 Å². The van der Waals surface area contributed by atoms with Crippen molar-refractivity contribution in [3.63, 3.8) is 0 Å². The van der Waals surface area contributed by atoms with E-state index < -0.39 is 26.1 Å². The van der Waals surface area contributed by atoms with E-state index in [4.69, 9.17) is 9.47 Å². The number of sulfone groups is 1. The topological polar surface area (TPSA) is 117 Å². The van der Waals surface area contributed by atoms with Crippen molar-refractivity contribution in [2.24, 2.45) is 0 Å². The van der Waals surface area contributed by atoms with E-state index in [1.807, 2.05) is 6.92 Å². The fourth-order valence-corrected chi connectivity index (χ4v) is 5.93. The van der Waals surface area contributed by atoms with Crippen molar-refractivity contribution in [2.75, 3.05) is 18.5 Å². The van der Waals surface area contributed by atoms with Gasteiger partial charge in [0, 0.05) is 23.6 Å². The van der Waals surface area contributed by atoms with Gasteiger partial charge in [0.25, 0.3) is 0 Å². The van der Waals surface area contributed by atoms with Crippen LogP contribution in [0.1, 0.15) is 16.8 Å². The summed E-state index contributed by atoms with van der Waals surface area (Å²) >= 11 is 0. The minimum Gasteiger partial charge on any atom is -0.486 e. The zero-order valence-corrected chi connectivity index (χ0v) is 21.4. The van der Waals surface area contributed by atoms with Crippen LogP contribution in [0.2, 0.25) is 0 Å². The van der Waals surface area contributed by atoms with E-state index in [-0.39, 0.29) is 22.5 Å². The number of fused-ring (bicyclic) bond motifs is 2. The number of nitrogens with one attached hydrogen (secondary N) is 1. The highest BCUT2D eigenvalue weighted by Crippen LogP contribution is 2.32. The fraction of sp³-hybridized carbons (Fsp3) is 0.222. The van der Waals surface area contributed by atoms with Crippen molar-refractivity contribution in [2.45, 2.75) is 37.1 Å². The number of benzene rings is 2. The molecule has 1 aliphatic rings. The molecule has 0 saturated carbocycles. The molecule has 0 unspecified atom stereocenters. The Labute approximate surface area is 213 Å². The molecule has 3 heterocycles. The molecule has 0 aliphatic carbocycles. The van der Waals surface area contributed by atoms with E-state index >= 15 is 0 Å². The summed E-state index contributed by atoms with van der Waals surface area (Å²) in [4.78, 5) is 30.4. The van der Waals surface area contributed by atoms with Gasteiger partial charge in [-0.25, -0.2) is 13.4 Å². The minimum absolute atomic E-state index is 0.0434. The third-order valence-electron chi connectivity index (χ3n) is 6.08. The number of hydrogen-bond donors (Lipinski definition) is 1. The van der Waals surface area contributed by atoms with Crippen LogP contribution in [0.5, 0.6) is 11.5 Å². The van der Waals surface area contributed by atoms with Crippen molar-refractivity contribution in [1.29, 1.82) is 0 Å². The van der Waals surface area contributed by atoms with Gasteiger partial charge in [0.1, 0.15) is 30.3 Å². The highest BCUT2D eigenvalue weighted by Gasteiger charge is 2.26. The Morgan fingerprint density at radius 1 is 0.973 bits per heavy atom. The van der Waals surface area contributed by atoms with E-state index in [1.165, 1.54) is 22.9 Å². The Kier molecular flexibility index (Phi) is 6.20. The van der Waals surface area contributed by atoms with Crippen LogP contribution >= 0.6 is 0 Å². The SMILES string of the molecule is Cc1ccc(S(=O)(=O)c2cn(CC(=O)Nc3ccc4c(c3)OCCO4)c3nc(C)ccc3c2=O)c(C)c1. The summed E-state index contributed by atoms with van der Waals surface area (Å²) in [6.45, 7) is 5.90. The molecule has 2 aromatic carbocycles. The first-order chi connectivity index (χ1) is 17.6. The molecule has 1 N–H and O–H groups in total. The first kappa shape index (κ1) is 24.5.